The number of sulfone groups is 1. The van der Waals surface area contributed by atoms with Crippen molar-refractivity contribution in [1.29, 1.82) is 0 Å². The van der Waals surface area contributed by atoms with Gasteiger partial charge in [0.25, 0.3) is 0 Å². The van der Waals surface area contributed by atoms with Crippen molar-refractivity contribution < 1.29 is 22.7 Å². The van der Waals surface area contributed by atoms with Gasteiger partial charge in [0.1, 0.15) is 0 Å². The van der Waals surface area contributed by atoms with Crippen molar-refractivity contribution >= 4 is 38.5 Å². The minimum absolute atomic E-state index is 0.0269. The molecule has 2 heterocycles. The number of ether oxygens (including phenoxy) is 1. The summed E-state index contributed by atoms with van der Waals surface area (Å²) in [5, 5.41) is 3.12. The summed E-state index contributed by atoms with van der Waals surface area (Å²) in [6.07, 6.45) is 6.67. The molecular weight excluding hydrogens is 400 g/mol. The van der Waals surface area contributed by atoms with Gasteiger partial charge in [-0.3, -0.25) is 9.59 Å². The zero-order valence-electron chi connectivity index (χ0n) is 15.5. The Labute approximate surface area is 168 Å². The Kier molecular flexibility index (Phi) is 6.58. The number of nitrogens with one attached hydrogen (secondary N) is 1. The second-order valence-electron chi connectivity index (χ2n) is 6.79. The van der Waals surface area contributed by atoms with Crippen molar-refractivity contribution in [3.63, 3.8) is 0 Å². The number of aldehydes is 1. The van der Waals surface area contributed by atoms with Crippen molar-refractivity contribution in [2.75, 3.05) is 18.2 Å². The number of nitrogens with zero attached hydrogens (tertiary/aromatic N) is 1. The van der Waals surface area contributed by atoms with E-state index in [1.807, 2.05) is 0 Å². The highest BCUT2D eigenvalue weighted by Gasteiger charge is 2.27. The van der Waals surface area contributed by atoms with E-state index in [4.69, 9.17) is 4.74 Å². The van der Waals surface area contributed by atoms with Gasteiger partial charge in [0, 0.05) is 12.9 Å². The molecule has 2 atom stereocenters. The van der Waals surface area contributed by atoms with E-state index in [9.17, 15) is 18.0 Å². The summed E-state index contributed by atoms with van der Waals surface area (Å²) >= 11 is 1.10. The molecule has 1 fully saturated rings. The lowest BCUT2D eigenvalue weighted by Gasteiger charge is -2.26. The van der Waals surface area contributed by atoms with E-state index in [1.165, 1.54) is 18.3 Å². The highest BCUT2D eigenvalue weighted by molar-refractivity contribution is 7.90. The first kappa shape index (κ1) is 20.6. The SMILES string of the molecule is CS(=O)(=O)c1ccc(C(CC2CCCCO2)C(=O)Nc2ncc(C=O)s2)cc1. The van der Waals surface area contributed by atoms with Crippen molar-refractivity contribution in [2.45, 2.75) is 42.6 Å². The van der Waals surface area contributed by atoms with Crippen LogP contribution < -0.4 is 5.32 Å². The molecule has 1 aliphatic heterocycles. The number of rotatable bonds is 7. The minimum Gasteiger partial charge on any atom is -0.378 e. The highest BCUT2D eigenvalue weighted by atomic mass is 32.2. The normalized spacial score (nSPS) is 18.4. The number of amides is 1. The van der Waals surface area contributed by atoms with E-state index >= 15 is 0 Å². The summed E-state index contributed by atoms with van der Waals surface area (Å²) in [4.78, 5) is 28.5. The molecule has 1 amide bonds. The molecule has 0 radical (unpaired) electrons. The summed E-state index contributed by atoms with van der Waals surface area (Å²) < 4.78 is 29.2. The van der Waals surface area contributed by atoms with Crippen molar-refractivity contribution in [1.82, 2.24) is 4.98 Å². The van der Waals surface area contributed by atoms with Crippen molar-refractivity contribution in [3.05, 3.63) is 40.9 Å². The van der Waals surface area contributed by atoms with Crippen LogP contribution in [0.3, 0.4) is 0 Å². The number of carbonyl (C=O) groups is 2. The van der Waals surface area contributed by atoms with E-state index < -0.39 is 15.8 Å². The Morgan fingerprint density at radius 3 is 2.68 bits per heavy atom. The molecule has 1 aromatic heterocycles. The van der Waals surface area contributed by atoms with Crippen LogP contribution in [0.5, 0.6) is 0 Å². The molecule has 2 unspecified atom stereocenters. The topological polar surface area (TPSA) is 102 Å². The molecule has 7 nitrogen and oxygen atoms in total. The van der Waals surface area contributed by atoms with Gasteiger partial charge in [0.15, 0.2) is 21.3 Å². The molecule has 0 aliphatic carbocycles. The number of hydrogen-bond acceptors (Lipinski definition) is 7. The van der Waals surface area contributed by atoms with Crippen LogP contribution in [0.15, 0.2) is 35.4 Å². The van der Waals surface area contributed by atoms with Gasteiger partial charge in [-0.1, -0.05) is 23.5 Å². The molecule has 0 spiro atoms. The lowest BCUT2D eigenvalue weighted by molar-refractivity contribution is -0.118. The third-order valence-corrected chi connectivity index (χ3v) is 6.64. The first-order valence-corrected chi connectivity index (χ1v) is 11.7. The molecule has 9 heteroatoms. The summed E-state index contributed by atoms with van der Waals surface area (Å²) in [6.45, 7) is 0.682. The van der Waals surface area contributed by atoms with Crippen LogP contribution in [-0.4, -0.2) is 44.6 Å². The Bertz CT molecular complexity index is 931. The van der Waals surface area contributed by atoms with Crippen LogP contribution in [0.25, 0.3) is 0 Å². The Balaban J connectivity index is 1.82. The summed E-state index contributed by atoms with van der Waals surface area (Å²) in [7, 11) is -3.31. The average Bonchev–Trinajstić information content (AvgIpc) is 3.14. The number of benzene rings is 1. The van der Waals surface area contributed by atoms with Gasteiger partial charge in [-0.05, 0) is 43.4 Å². The monoisotopic (exact) mass is 422 g/mol. The number of anilines is 1. The minimum atomic E-state index is -3.31. The summed E-state index contributed by atoms with van der Waals surface area (Å²) in [5.41, 5.74) is 0.714. The molecule has 1 N–H and O–H groups in total. The van der Waals surface area contributed by atoms with Crippen LogP contribution in [0, 0.1) is 0 Å². The average molecular weight is 423 g/mol. The van der Waals surface area contributed by atoms with E-state index in [0.29, 0.717) is 34.9 Å². The lowest BCUT2D eigenvalue weighted by Crippen LogP contribution is -2.28. The summed E-state index contributed by atoms with van der Waals surface area (Å²) in [5.74, 6) is -0.770. The number of thiazole rings is 1. The van der Waals surface area contributed by atoms with Crippen molar-refractivity contribution in [3.8, 4) is 0 Å². The molecule has 2 aromatic rings. The molecular formula is C19H22N2O5S2. The van der Waals surface area contributed by atoms with Gasteiger partial charge in [0.05, 0.1) is 28.0 Å². The zero-order chi connectivity index (χ0) is 20.1. The van der Waals surface area contributed by atoms with Crippen LogP contribution in [0.4, 0.5) is 5.13 Å². The first-order chi connectivity index (χ1) is 13.4. The summed E-state index contributed by atoms with van der Waals surface area (Å²) in [6, 6.07) is 6.37. The predicted molar refractivity (Wildman–Crippen MR) is 107 cm³/mol. The van der Waals surface area contributed by atoms with Gasteiger partial charge in [0.2, 0.25) is 5.91 Å². The van der Waals surface area contributed by atoms with E-state index in [0.717, 1.165) is 36.9 Å². The molecule has 3 rings (SSSR count). The van der Waals surface area contributed by atoms with E-state index in [2.05, 4.69) is 10.3 Å². The molecule has 0 saturated carbocycles. The van der Waals surface area contributed by atoms with E-state index in [-0.39, 0.29) is 16.9 Å². The van der Waals surface area contributed by atoms with Crippen molar-refractivity contribution in [2.24, 2.45) is 0 Å². The van der Waals surface area contributed by atoms with Crippen LogP contribution in [0.1, 0.15) is 46.8 Å². The standard InChI is InChI=1S/C19H22N2O5S2/c1-28(24,25)16-7-5-13(6-8-16)17(10-14-4-2-3-9-26-14)18(23)21-19-20-11-15(12-22)27-19/h5-8,11-12,14,17H,2-4,9-10H2,1H3,(H,20,21,23). The molecule has 1 aliphatic rings. The van der Waals surface area contributed by atoms with Crippen LogP contribution in [-0.2, 0) is 19.4 Å². The van der Waals surface area contributed by atoms with Gasteiger partial charge in [-0.25, -0.2) is 13.4 Å². The fourth-order valence-electron chi connectivity index (χ4n) is 3.19. The Morgan fingerprint density at radius 1 is 1.36 bits per heavy atom. The first-order valence-electron chi connectivity index (χ1n) is 9.00. The zero-order valence-corrected chi connectivity index (χ0v) is 17.1. The molecule has 1 aromatic carbocycles. The maximum absolute atomic E-state index is 13.0. The number of carbonyl (C=O) groups excluding carboxylic acids is 2. The largest absolute Gasteiger partial charge is 0.378 e. The quantitative estimate of drug-likeness (QED) is 0.688. The van der Waals surface area contributed by atoms with Gasteiger partial charge in [-0.2, -0.15) is 0 Å². The fraction of sp³-hybridized carbons (Fsp3) is 0.421. The predicted octanol–water partition coefficient (Wildman–Crippen LogP) is 3.04. The molecule has 0 bridgehead atoms. The lowest BCUT2D eigenvalue weighted by atomic mass is 9.90. The highest BCUT2D eigenvalue weighted by Crippen LogP contribution is 2.29. The molecule has 28 heavy (non-hydrogen) atoms. The number of aromatic nitrogens is 1. The molecule has 150 valence electrons. The van der Waals surface area contributed by atoms with Crippen LogP contribution in [0.2, 0.25) is 0 Å². The second kappa shape index (κ2) is 8.93. The van der Waals surface area contributed by atoms with E-state index in [1.54, 1.807) is 12.1 Å². The van der Waals surface area contributed by atoms with Gasteiger partial charge >= 0.3 is 0 Å². The Morgan fingerprint density at radius 2 is 2.11 bits per heavy atom. The molecule has 1 saturated heterocycles. The Hall–Kier alpha value is -2.10. The van der Waals surface area contributed by atoms with Crippen LogP contribution >= 0.6 is 11.3 Å². The maximum atomic E-state index is 13.0. The third kappa shape index (κ3) is 5.24. The van der Waals surface area contributed by atoms with Gasteiger partial charge < -0.3 is 10.1 Å². The smallest absolute Gasteiger partial charge is 0.233 e. The number of hydrogen-bond donors (Lipinski definition) is 1. The second-order valence-corrected chi connectivity index (χ2v) is 9.87. The maximum Gasteiger partial charge on any atom is 0.233 e. The fourth-order valence-corrected chi connectivity index (χ4v) is 4.45. The third-order valence-electron chi connectivity index (χ3n) is 4.67. The van der Waals surface area contributed by atoms with Gasteiger partial charge in [-0.15, -0.1) is 0 Å².